The van der Waals surface area contributed by atoms with Gasteiger partial charge in [-0.3, -0.25) is 9.59 Å². The number of benzene rings is 2. The number of carbonyl (C=O) groups excluding carboxylic acids is 1. The molecule has 2 N–H and O–H groups in total. The van der Waals surface area contributed by atoms with Crippen molar-refractivity contribution in [3.8, 4) is 17.0 Å². The maximum atomic E-state index is 12.5. The molecular weight excluding hydrogens is 356 g/mol. The monoisotopic (exact) mass is 374 g/mol. The van der Waals surface area contributed by atoms with Crippen LogP contribution in [0, 0.1) is 0 Å². The van der Waals surface area contributed by atoms with Crippen LogP contribution in [0.5, 0.6) is 5.75 Å². The number of amides is 1. The Morgan fingerprint density at radius 1 is 1.11 bits per heavy atom. The molecule has 28 heavy (non-hydrogen) atoms. The largest absolute Gasteiger partial charge is 0.497 e. The number of rotatable bonds is 5. The minimum atomic E-state index is -0.340. The van der Waals surface area contributed by atoms with Crippen molar-refractivity contribution in [1.29, 1.82) is 0 Å². The molecule has 0 unspecified atom stereocenters. The second kappa shape index (κ2) is 7.40. The van der Waals surface area contributed by atoms with E-state index in [0.717, 1.165) is 26.9 Å². The second-order valence-corrected chi connectivity index (χ2v) is 6.24. The van der Waals surface area contributed by atoms with E-state index in [2.05, 4.69) is 15.4 Å². The van der Waals surface area contributed by atoms with Gasteiger partial charge in [-0.1, -0.05) is 6.07 Å². The molecule has 0 radical (unpaired) electrons. The Bertz CT molecular complexity index is 1190. The molecule has 0 spiro atoms. The van der Waals surface area contributed by atoms with Gasteiger partial charge in [0, 0.05) is 28.7 Å². The number of hydrogen-bond donors (Lipinski definition) is 2. The van der Waals surface area contributed by atoms with Crippen LogP contribution >= 0.6 is 0 Å². The lowest BCUT2D eigenvalue weighted by atomic mass is 10.1. The lowest BCUT2D eigenvalue weighted by molar-refractivity contribution is -0.117. The highest BCUT2D eigenvalue weighted by Crippen LogP contribution is 2.22. The fraction of sp³-hybridized carbons (Fsp3) is 0.0952. The van der Waals surface area contributed by atoms with E-state index in [9.17, 15) is 9.59 Å². The van der Waals surface area contributed by atoms with Gasteiger partial charge in [0.15, 0.2) is 0 Å². The first-order valence-corrected chi connectivity index (χ1v) is 8.72. The van der Waals surface area contributed by atoms with Gasteiger partial charge in [-0.15, -0.1) is 0 Å². The number of ether oxygens (including phenoxy) is 1. The normalized spacial score (nSPS) is 10.8. The number of aromatic nitrogens is 3. The highest BCUT2D eigenvalue weighted by molar-refractivity contribution is 6.01. The standard InChI is InChI=1S/C21H18N4O3/c1-28-15-7-5-14(6-8-15)17-9-10-21(27)25(24-17)13-20(26)23-19-4-2-3-18-16(19)11-12-22-18/h2-12,22H,13H2,1H3,(H,23,26). The molecule has 140 valence electrons. The predicted molar refractivity (Wildman–Crippen MR) is 107 cm³/mol. The highest BCUT2D eigenvalue weighted by Gasteiger charge is 2.10. The minimum absolute atomic E-state index is 0.177. The SMILES string of the molecule is COc1ccc(-c2ccc(=O)n(CC(=O)Nc3cccc4[nH]ccc34)n2)cc1. The van der Waals surface area contributed by atoms with Gasteiger partial charge < -0.3 is 15.0 Å². The molecule has 2 heterocycles. The fourth-order valence-corrected chi connectivity index (χ4v) is 3.00. The lowest BCUT2D eigenvalue weighted by Gasteiger charge is -2.09. The molecule has 0 bridgehead atoms. The van der Waals surface area contributed by atoms with Crippen molar-refractivity contribution in [2.24, 2.45) is 0 Å². The molecule has 0 aliphatic rings. The summed E-state index contributed by atoms with van der Waals surface area (Å²) < 4.78 is 6.31. The maximum Gasteiger partial charge on any atom is 0.267 e. The number of methoxy groups -OCH3 is 1. The maximum absolute atomic E-state index is 12.5. The van der Waals surface area contributed by atoms with Crippen molar-refractivity contribution in [3.05, 3.63) is 77.2 Å². The van der Waals surface area contributed by atoms with Gasteiger partial charge in [0.2, 0.25) is 5.91 Å². The molecule has 7 heteroatoms. The molecule has 0 saturated carbocycles. The average molecular weight is 374 g/mol. The summed E-state index contributed by atoms with van der Waals surface area (Å²) >= 11 is 0. The predicted octanol–water partition coefficient (Wildman–Crippen LogP) is 3.04. The Labute approximate surface area is 160 Å². The van der Waals surface area contributed by atoms with Crippen LogP contribution in [-0.4, -0.2) is 27.8 Å². The molecule has 7 nitrogen and oxygen atoms in total. The van der Waals surface area contributed by atoms with Gasteiger partial charge >= 0.3 is 0 Å². The summed E-state index contributed by atoms with van der Waals surface area (Å²) in [5.41, 5.74) is 2.69. The van der Waals surface area contributed by atoms with E-state index in [1.165, 1.54) is 6.07 Å². The van der Waals surface area contributed by atoms with Crippen molar-refractivity contribution in [3.63, 3.8) is 0 Å². The molecule has 0 atom stereocenters. The summed E-state index contributed by atoms with van der Waals surface area (Å²) in [4.78, 5) is 27.7. The minimum Gasteiger partial charge on any atom is -0.497 e. The molecule has 0 saturated heterocycles. The number of hydrogen-bond acceptors (Lipinski definition) is 4. The molecule has 4 aromatic rings. The molecule has 2 aromatic carbocycles. The molecule has 2 aromatic heterocycles. The topological polar surface area (TPSA) is 89.0 Å². The van der Waals surface area contributed by atoms with Crippen LogP contribution < -0.4 is 15.6 Å². The van der Waals surface area contributed by atoms with Crippen molar-refractivity contribution in [2.45, 2.75) is 6.54 Å². The summed E-state index contributed by atoms with van der Waals surface area (Å²) in [5.74, 6) is 0.408. The van der Waals surface area contributed by atoms with Gasteiger partial charge in [-0.05, 0) is 48.5 Å². The van der Waals surface area contributed by atoms with Crippen LogP contribution in [-0.2, 0) is 11.3 Å². The zero-order chi connectivity index (χ0) is 19.5. The molecule has 0 aliphatic heterocycles. The van der Waals surface area contributed by atoms with Gasteiger partial charge in [0.1, 0.15) is 12.3 Å². The van der Waals surface area contributed by atoms with Crippen molar-refractivity contribution in [1.82, 2.24) is 14.8 Å². The van der Waals surface area contributed by atoms with Gasteiger partial charge in [-0.25, -0.2) is 4.68 Å². The summed E-state index contributed by atoms with van der Waals surface area (Å²) in [6.07, 6.45) is 1.81. The Kier molecular flexibility index (Phi) is 4.63. The third-order valence-corrected chi connectivity index (χ3v) is 4.41. The zero-order valence-electron chi connectivity index (χ0n) is 15.2. The summed E-state index contributed by atoms with van der Waals surface area (Å²) in [5, 5.41) is 8.08. The van der Waals surface area contributed by atoms with Crippen molar-refractivity contribution in [2.75, 3.05) is 12.4 Å². The first kappa shape index (κ1) is 17.5. The number of nitrogens with zero attached hydrogens (tertiary/aromatic N) is 2. The third-order valence-electron chi connectivity index (χ3n) is 4.41. The second-order valence-electron chi connectivity index (χ2n) is 6.24. The lowest BCUT2D eigenvalue weighted by Crippen LogP contribution is -2.29. The van der Waals surface area contributed by atoms with Crippen LogP contribution in [0.25, 0.3) is 22.2 Å². The van der Waals surface area contributed by atoms with Crippen LogP contribution in [0.2, 0.25) is 0 Å². The summed E-state index contributed by atoms with van der Waals surface area (Å²) in [6.45, 7) is -0.177. The third kappa shape index (κ3) is 3.50. The van der Waals surface area contributed by atoms with Crippen molar-refractivity contribution >= 4 is 22.5 Å². The van der Waals surface area contributed by atoms with Gasteiger partial charge in [0.05, 0.1) is 18.5 Å². The van der Waals surface area contributed by atoms with E-state index < -0.39 is 0 Å². The smallest absolute Gasteiger partial charge is 0.267 e. The van der Waals surface area contributed by atoms with Crippen molar-refractivity contribution < 1.29 is 9.53 Å². The molecule has 0 fully saturated rings. The summed E-state index contributed by atoms with van der Waals surface area (Å²) in [6, 6.07) is 17.9. The molecule has 1 amide bonds. The molecule has 4 rings (SSSR count). The van der Waals surface area contributed by atoms with Crippen LogP contribution in [0.15, 0.2) is 71.7 Å². The molecular formula is C21H18N4O3. The van der Waals surface area contributed by atoms with E-state index in [4.69, 9.17) is 4.74 Å². The Hall–Kier alpha value is -3.87. The van der Waals surface area contributed by atoms with Crippen LogP contribution in [0.4, 0.5) is 5.69 Å². The van der Waals surface area contributed by atoms with E-state index in [0.29, 0.717) is 11.4 Å². The number of carbonyl (C=O) groups is 1. The first-order valence-electron chi connectivity index (χ1n) is 8.72. The Morgan fingerprint density at radius 2 is 1.93 bits per heavy atom. The number of H-pyrrole nitrogens is 1. The highest BCUT2D eigenvalue weighted by atomic mass is 16.5. The van der Waals surface area contributed by atoms with E-state index >= 15 is 0 Å². The van der Waals surface area contributed by atoms with Gasteiger partial charge in [0.25, 0.3) is 5.56 Å². The fourth-order valence-electron chi connectivity index (χ4n) is 3.00. The van der Waals surface area contributed by atoms with E-state index in [-0.39, 0.29) is 18.0 Å². The Morgan fingerprint density at radius 3 is 2.71 bits per heavy atom. The summed E-state index contributed by atoms with van der Waals surface area (Å²) in [7, 11) is 1.60. The van der Waals surface area contributed by atoms with E-state index in [1.807, 2.05) is 54.7 Å². The van der Waals surface area contributed by atoms with E-state index in [1.54, 1.807) is 13.2 Å². The number of nitrogens with one attached hydrogen (secondary N) is 2. The number of anilines is 1. The van der Waals surface area contributed by atoms with Gasteiger partial charge in [-0.2, -0.15) is 5.10 Å². The number of fused-ring (bicyclic) bond motifs is 1. The number of aromatic amines is 1. The molecule has 0 aliphatic carbocycles. The average Bonchev–Trinajstić information content (AvgIpc) is 3.20. The quantitative estimate of drug-likeness (QED) is 0.562. The van der Waals surface area contributed by atoms with Crippen LogP contribution in [0.3, 0.4) is 0 Å². The van der Waals surface area contributed by atoms with Crippen LogP contribution in [0.1, 0.15) is 0 Å². The zero-order valence-corrected chi connectivity index (χ0v) is 15.2. The Balaban J connectivity index is 1.56. The first-order chi connectivity index (χ1) is 13.6.